The molecule has 1 aliphatic rings. The highest BCUT2D eigenvalue weighted by Crippen LogP contribution is 2.19. The Labute approximate surface area is 115 Å². The van der Waals surface area contributed by atoms with Crippen molar-refractivity contribution in [1.29, 1.82) is 0 Å². The van der Waals surface area contributed by atoms with Crippen LogP contribution in [0, 0.1) is 0 Å². The third kappa shape index (κ3) is 4.47. The van der Waals surface area contributed by atoms with Gasteiger partial charge in [-0.2, -0.15) is 0 Å². The highest BCUT2D eigenvalue weighted by Gasteiger charge is 2.06. The van der Waals surface area contributed by atoms with Crippen LogP contribution in [-0.4, -0.2) is 12.6 Å². The summed E-state index contributed by atoms with van der Waals surface area (Å²) in [5, 5.41) is 4.41. The van der Waals surface area contributed by atoms with E-state index in [2.05, 4.69) is 30.4 Å². The molecule has 0 saturated heterocycles. The van der Waals surface area contributed by atoms with Gasteiger partial charge in [0.15, 0.2) is 0 Å². The maximum atomic E-state index is 5.88. The molecule has 18 heavy (non-hydrogen) atoms. The lowest BCUT2D eigenvalue weighted by molar-refractivity contribution is 0.545. The van der Waals surface area contributed by atoms with Gasteiger partial charge >= 0.3 is 0 Å². The van der Waals surface area contributed by atoms with E-state index in [0.717, 1.165) is 18.0 Å². The summed E-state index contributed by atoms with van der Waals surface area (Å²) in [6.45, 7) is 3.35. The zero-order valence-electron chi connectivity index (χ0n) is 11.1. The van der Waals surface area contributed by atoms with Gasteiger partial charge < -0.3 is 5.32 Å². The van der Waals surface area contributed by atoms with E-state index < -0.39 is 0 Å². The molecule has 1 aromatic carbocycles. The standard InChI is InChI=1S/C16H22ClN/c1-13(12-15-6-8-16(17)9-7-15)18-11-10-14-4-2-3-5-14/h4,6-9,13,18H,2-3,5,10-12H2,1H3. The van der Waals surface area contributed by atoms with Crippen LogP contribution in [0.3, 0.4) is 0 Å². The smallest absolute Gasteiger partial charge is 0.0406 e. The summed E-state index contributed by atoms with van der Waals surface area (Å²) in [6, 6.07) is 8.67. The highest BCUT2D eigenvalue weighted by molar-refractivity contribution is 6.30. The van der Waals surface area contributed by atoms with Gasteiger partial charge in [0.25, 0.3) is 0 Å². The molecule has 2 heteroatoms. The van der Waals surface area contributed by atoms with E-state index in [1.54, 1.807) is 5.57 Å². The normalized spacial score (nSPS) is 16.7. The summed E-state index contributed by atoms with van der Waals surface area (Å²) < 4.78 is 0. The minimum atomic E-state index is 0.521. The fourth-order valence-corrected chi connectivity index (χ4v) is 2.62. The quantitative estimate of drug-likeness (QED) is 0.752. The van der Waals surface area contributed by atoms with Crippen molar-refractivity contribution in [1.82, 2.24) is 5.32 Å². The van der Waals surface area contributed by atoms with Crippen LogP contribution in [0.25, 0.3) is 0 Å². The van der Waals surface area contributed by atoms with Gasteiger partial charge in [-0.1, -0.05) is 35.4 Å². The molecule has 0 amide bonds. The predicted octanol–water partition coefficient (Wildman–Crippen LogP) is 4.36. The number of hydrogen-bond acceptors (Lipinski definition) is 1. The van der Waals surface area contributed by atoms with Crippen LogP contribution in [0.15, 0.2) is 35.9 Å². The van der Waals surface area contributed by atoms with Gasteiger partial charge in [-0.15, -0.1) is 0 Å². The largest absolute Gasteiger partial charge is 0.314 e. The number of nitrogens with one attached hydrogen (secondary N) is 1. The molecular formula is C16H22ClN. The van der Waals surface area contributed by atoms with Gasteiger partial charge in [0, 0.05) is 11.1 Å². The Balaban J connectivity index is 1.68. The van der Waals surface area contributed by atoms with E-state index >= 15 is 0 Å². The number of rotatable bonds is 6. The summed E-state index contributed by atoms with van der Waals surface area (Å²) >= 11 is 5.88. The first-order chi connectivity index (χ1) is 8.74. The fourth-order valence-electron chi connectivity index (χ4n) is 2.49. The van der Waals surface area contributed by atoms with Crippen LogP contribution < -0.4 is 5.32 Å². The Hall–Kier alpha value is -0.790. The lowest BCUT2D eigenvalue weighted by Gasteiger charge is -2.14. The summed E-state index contributed by atoms with van der Waals surface area (Å²) in [4.78, 5) is 0. The summed E-state index contributed by atoms with van der Waals surface area (Å²) in [7, 11) is 0. The molecule has 0 aromatic heterocycles. The van der Waals surface area contributed by atoms with Crippen LogP contribution >= 0.6 is 11.6 Å². The maximum Gasteiger partial charge on any atom is 0.0406 e. The average molecular weight is 264 g/mol. The molecule has 1 aliphatic carbocycles. The second-order valence-corrected chi connectivity index (χ2v) is 5.63. The molecule has 0 bridgehead atoms. The van der Waals surface area contributed by atoms with Crippen LogP contribution in [0.2, 0.25) is 5.02 Å². The first-order valence-electron chi connectivity index (χ1n) is 6.90. The van der Waals surface area contributed by atoms with Crippen LogP contribution in [0.1, 0.15) is 38.2 Å². The van der Waals surface area contributed by atoms with E-state index in [9.17, 15) is 0 Å². The maximum absolute atomic E-state index is 5.88. The molecule has 0 saturated carbocycles. The zero-order valence-corrected chi connectivity index (χ0v) is 11.8. The first kappa shape index (κ1) is 13.6. The summed E-state index contributed by atoms with van der Waals surface area (Å²) in [5.41, 5.74) is 2.99. The van der Waals surface area contributed by atoms with Crippen molar-refractivity contribution in [3.05, 3.63) is 46.5 Å². The van der Waals surface area contributed by atoms with Crippen molar-refractivity contribution in [2.75, 3.05) is 6.54 Å². The van der Waals surface area contributed by atoms with Crippen molar-refractivity contribution in [2.24, 2.45) is 0 Å². The van der Waals surface area contributed by atoms with E-state index in [1.807, 2.05) is 12.1 Å². The second kappa shape index (κ2) is 6.96. The van der Waals surface area contributed by atoms with Gasteiger partial charge in [-0.3, -0.25) is 0 Å². The zero-order chi connectivity index (χ0) is 12.8. The molecule has 0 heterocycles. The van der Waals surface area contributed by atoms with Crippen molar-refractivity contribution >= 4 is 11.6 Å². The molecule has 0 radical (unpaired) electrons. The van der Waals surface area contributed by atoms with Crippen LogP contribution in [0.5, 0.6) is 0 Å². The monoisotopic (exact) mass is 263 g/mol. The molecule has 0 fully saturated rings. The first-order valence-corrected chi connectivity index (χ1v) is 7.27. The number of allylic oxidation sites excluding steroid dienone is 1. The minimum Gasteiger partial charge on any atom is -0.314 e. The molecule has 1 aromatic rings. The number of benzene rings is 1. The van der Waals surface area contributed by atoms with Crippen LogP contribution in [0.4, 0.5) is 0 Å². The molecule has 1 atom stereocenters. The van der Waals surface area contributed by atoms with E-state index in [1.165, 1.54) is 31.2 Å². The second-order valence-electron chi connectivity index (χ2n) is 5.19. The number of halogens is 1. The van der Waals surface area contributed by atoms with Crippen molar-refractivity contribution in [3.63, 3.8) is 0 Å². The van der Waals surface area contributed by atoms with Crippen LogP contribution in [-0.2, 0) is 6.42 Å². The predicted molar refractivity (Wildman–Crippen MR) is 79.2 cm³/mol. The molecular weight excluding hydrogens is 242 g/mol. The third-order valence-electron chi connectivity index (χ3n) is 3.53. The molecule has 1 unspecified atom stereocenters. The molecule has 1 nitrogen and oxygen atoms in total. The Morgan fingerprint density at radius 3 is 2.72 bits per heavy atom. The van der Waals surface area contributed by atoms with Crippen molar-refractivity contribution < 1.29 is 0 Å². The molecule has 0 aliphatic heterocycles. The molecule has 98 valence electrons. The summed E-state index contributed by atoms with van der Waals surface area (Å²) in [6.07, 6.45) is 8.64. The topological polar surface area (TPSA) is 12.0 Å². The Bertz CT molecular complexity index is 394. The van der Waals surface area contributed by atoms with Gasteiger partial charge in [0.1, 0.15) is 0 Å². The van der Waals surface area contributed by atoms with Crippen molar-refractivity contribution in [3.8, 4) is 0 Å². The minimum absolute atomic E-state index is 0.521. The van der Waals surface area contributed by atoms with Gasteiger partial charge in [-0.25, -0.2) is 0 Å². The van der Waals surface area contributed by atoms with Crippen molar-refractivity contribution in [2.45, 2.75) is 45.1 Å². The van der Waals surface area contributed by atoms with E-state index in [0.29, 0.717) is 6.04 Å². The lowest BCUT2D eigenvalue weighted by atomic mass is 10.1. The van der Waals surface area contributed by atoms with Gasteiger partial charge in [-0.05, 0) is 63.3 Å². The summed E-state index contributed by atoms with van der Waals surface area (Å²) in [5.74, 6) is 0. The fraction of sp³-hybridized carbons (Fsp3) is 0.500. The Morgan fingerprint density at radius 1 is 1.28 bits per heavy atom. The van der Waals surface area contributed by atoms with Gasteiger partial charge in [0.05, 0.1) is 0 Å². The van der Waals surface area contributed by atoms with Gasteiger partial charge in [0.2, 0.25) is 0 Å². The molecule has 2 rings (SSSR count). The Kier molecular flexibility index (Phi) is 5.27. The van der Waals surface area contributed by atoms with E-state index in [-0.39, 0.29) is 0 Å². The van der Waals surface area contributed by atoms with E-state index in [4.69, 9.17) is 11.6 Å². The Morgan fingerprint density at radius 2 is 2.06 bits per heavy atom. The third-order valence-corrected chi connectivity index (χ3v) is 3.78. The average Bonchev–Trinajstić information content (AvgIpc) is 2.85. The lowest BCUT2D eigenvalue weighted by Crippen LogP contribution is -2.29. The molecule has 0 spiro atoms. The SMILES string of the molecule is CC(Cc1ccc(Cl)cc1)NCCC1=CCCC1. The molecule has 1 N–H and O–H groups in total. The number of hydrogen-bond donors (Lipinski definition) is 1. The highest BCUT2D eigenvalue weighted by atomic mass is 35.5.